The molecule has 2 unspecified atom stereocenters. The molecule has 1 aliphatic rings. The molecule has 2 atom stereocenters. The van der Waals surface area contributed by atoms with Crippen LogP contribution in [0.1, 0.15) is 5.56 Å². The summed E-state index contributed by atoms with van der Waals surface area (Å²) in [4.78, 5) is 11.0. The first-order valence-electron chi connectivity index (χ1n) is 4.91. The van der Waals surface area contributed by atoms with Gasteiger partial charge in [-0.05, 0) is 5.56 Å². The van der Waals surface area contributed by atoms with Crippen LogP contribution in [0, 0.1) is 0 Å². The lowest BCUT2D eigenvalue weighted by Gasteiger charge is -2.14. The van der Waals surface area contributed by atoms with E-state index in [2.05, 4.69) is 5.32 Å². The van der Waals surface area contributed by atoms with Crippen LogP contribution in [-0.2, 0) is 11.2 Å². The SMILES string of the molecule is O=C1NC(CO)C(Cc2ccccc2)O1. The quantitative estimate of drug-likeness (QED) is 0.767. The van der Waals surface area contributed by atoms with Gasteiger partial charge in [-0.2, -0.15) is 0 Å². The summed E-state index contributed by atoms with van der Waals surface area (Å²) in [5, 5.41) is 11.6. The Morgan fingerprint density at radius 1 is 1.33 bits per heavy atom. The maximum Gasteiger partial charge on any atom is 0.407 e. The molecule has 0 saturated carbocycles. The number of nitrogens with one attached hydrogen (secondary N) is 1. The van der Waals surface area contributed by atoms with Gasteiger partial charge in [0.1, 0.15) is 6.10 Å². The summed E-state index contributed by atoms with van der Waals surface area (Å²) in [6.45, 7) is -0.0940. The Morgan fingerprint density at radius 2 is 2.07 bits per heavy atom. The summed E-state index contributed by atoms with van der Waals surface area (Å²) in [6.07, 6.45) is -0.0926. The molecule has 0 spiro atoms. The van der Waals surface area contributed by atoms with Gasteiger partial charge in [-0.3, -0.25) is 0 Å². The van der Waals surface area contributed by atoms with Crippen LogP contribution in [0.2, 0.25) is 0 Å². The van der Waals surface area contributed by atoms with Gasteiger partial charge in [-0.25, -0.2) is 4.79 Å². The smallest absolute Gasteiger partial charge is 0.407 e. The summed E-state index contributed by atoms with van der Waals surface area (Å²) in [6, 6.07) is 9.46. The molecule has 0 aromatic heterocycles. The molecule has 1 heterocycles. The summed E-state index contributed by atoms with van der Waals surface area (Å²) >= 11 is 0. The number of aliphatic hydroxyl groups is 1. The van der Waals surface area contributed by atoms with Gasteiger partial charge in [0.05, 0.1) is 12.6 Å². The third-order valence-corrected chi connectivity index (χ3v) is 2.49. The van der Waals surface area contributed by atoms with Gasteiger partial charge < -0.3 is 15.2 Å². The molecule has 0 bridgehead atoms. The van der Waals surface area contributed by atoms with E-state index in [1.54, 1.807) is 0 Å². The van der Waals surface area contributed by atoms with Crippen LogP contribution >= 0.6 is 0 Å². The minimum absolute atomic E-state index is 0.0940. The number of alkyl carbamates (subject to hydrolysis) is 1. The number of benzene rings is 1. The van der Waals surface area contributed by atoms with Gasteiger partial charge in [0.2, 0.25) is 0 Å². The van der Waals surface area contributed by atoms with Crippen LogP contribution in [0.25, 0.3) is 0 Å². The number of aliphatic hydroxyl groups excluding tert-OH is 1. The van der Waals surface area contributed by atoms with Crippen molar-refractivity contribution in [2.75, 3.05) is 6.61 Å². The van der Waals surface area contributed by atoms with Gasteiger partial charge in [0.15, 0.2) is 0 Å². The monoisotopic (exact) mass is 207 g/mol. The number of carbonyl (C=O) groups is 1. The molecule has 1 saturated heterocycles. The predicted molar refractivity (Wildman–Crippen MR) is 54.4 cm³/mol. The summed E-state index contributed by atoms with van der Waals surface area (Å²) in [5.74, 6) is 0. The number of cyclic esters (lactones) is 1. The molecular weight excluding hydrogens is 194 g/mol. The van der Waals surface area contributed by atoms with Crippen molar-refractivity contribution < 1.29 is 14.6 Å². The highest BCUT2D eigenvalue weighted by Crippen LogP contribution is 2.14. The van der Waals surface area contributed by atoms with Crippen LogP contribution in [0.4, 0.5) is 4.79 Å². The standard InChI is InChI=1S/C11H13NO3/c13-7-9-10(15-11(14)12-9)6-8-4-2-1-3-5-8/h1-5,9-10,13H,6-7H2,(H,12,14). The lowest BCUT2D eigenvalue weighted by atomic mass is 10.0. The average Bonchev–Trinajstić information content (AvgIpc) is 2.60. The van der Waals surface area contributed by atoms with E-state index in [1.165, 1.54) is 0 Å². The van der Waals surface area contributed by atoms with E-state index in [0.717, 1.165) is 5.56 Å². The second-order valence-electron chi connectivity index (χ2n) is 3.57. The Morgan fingerprint density at radius 3 is 2.73 bits per heavy atom. The number of hydrogen-bond donors (Lipinski definition) is 2. The fraction of sp³-hybridized carbons (Fsp3) is 0.364. The van der Waals surface area contributed by atoms with Crippen LogP contribution in [0.5, 0.6) is 0 Å². The Labute approximate surface area is 87.9 Å². The van der Waals surface area contributed by atoms with E-state index in [1.807, 2.05) is 30.3 Å². The Hall–Kier alpha value is -1.55. The van der Waals surface area contributed by atoms with Gasteiger partial charge in [-0.1, -0.05) is 30.3 Å². The zero-order chi connectivity index (χ0) is 10.7. The first-order valence-corrected chi connectivity index (χ1v) is 4.91. The summed E-state index contributed by atoms with van der Waals surface area (Å²) in [5.41, 5.74) is 1.09. The molecule has 4 nitrogen and oxygen atoms in total. The highest BCUT2D eigenvalue weighted by atomic mass is 16.6. The lowest BCUT2D eigenvalue weighted by Crippen LogP contribution is -2.36. The van der Waals surface area contributed by atoms with Crippen molar-refractivity contribution in [2.24, 2.45) is 0 Å². The highest BCUT2D eigenvalue weighted by Gasteiger charge is 2.33. The maximum absolute atomic E-state index is 11.0. The largest absolute Gasteiger partial charge is 0.444 e. The molecule has 80 valence electrons. The Balaban J connectivity index is 2.03. The topological polar surface area (TPSA) is 58.6 Å². The number of carbonyl (C=O) groups excluding carboxylic acids is 1. The molecule has 2 N–H and O–H groups in total. The molecule has 1 aromatic carbocycles. The van der Waals surface area contributed by atoms with E-state index in [4.69, 9.17) is 9.84 Å². The minimum atomic E-state index is -0.449. The van der Waals surface area contributed by atoms with Crippen LogP contribution in [0.15, 0.2) is 30.3 Å². The number of amides is 1. The summed E-state index contributed by atoms with van der Waals surface area (Å²) < 4.78 is 5.06. The molecule has 0 radical (unpaired) electrons. The fourth-order valence-electron chi connectivity index (χ4n) is 1.69. The van der Waals surface area contributed by atoms with Crippen molar-refractivity contribution in [1.29, 1.82) is 0 Å². The van der Waals surface area contributed by atoms with Gasteiger partial charge in [-0.15, -0.1) is 0 Å². The second-order valence-corrected chi connectivity index (χ2v) is 3.57. The van der Waals surface area contributed by atoms with Crippen molar-refractivity contribution in [3.8, 4) is 0 Å². The molecule has 1 amide bonds. The van der Waals surface area contributed by atoms with Crippen LogP contribution in [-0.4, -0.2) is 30.0 Å². The van der Waals surface area contributed by atoms with E-state index in [-0.39, 0.29) is 18.8 Å². The van der Waals surface area contributed by atoms with Crippen LogP contribution in [0.3, 0.4) is 0 Å². The Bertz CT molecular complexity index is 339. The average molecular weight is 207 g/mol. The fourth-order valence-corrected chi connectivity index (χ4v) is 1.69. The van der Waals surface area contributed by atoms with Gasteiger partial charge in [0, 0.05) is 6.42 Å². The van der Waals surface area contributed by atoms with Crippen molar-refractivity contribution in [3.05, 3.63) is 35.9 Å². The molecule has 2 rings (SSSR count). The first-order chi connectivity index (χ1) is 7.29. The minimum Gasteiger partial charge on any atom is -0.444 e. The molecular formula is C11H13NO3. The molecule has 15 heavy (non-hydrogen) atoms. The number of hydrogen-bond acceptors (Lipinski definition) is 3. The van der Waals surface area contributed by atoms with Crippen molar-refractivity contribution >= 4 is 6.09 Å². The zero-order valence-electron chi connectivity index (χ0n) is 8.22. The molecule has 1 aliphatic heterocycles. The van der Waals surface area contributed by atoms with Crippen LogP contribution < -0.4 is 5.32 Å². The van der Waals surface area contributed by atoms with E-state index >= 15 is 0 Å². The summed E-state index contributed by atoms with van der Waals surface area (Å²) in [7, 11) is 0. The third-order valence-electron chi connectivity index (χ3n) is 2.49. The maximum atomic E-state index is 11.0. The normalized spacial score (nSPS) is 24.7. The molecule has 4 heteroatoms. The van der Waals surface area contributed by atoms with Gasteiger partial charge >= 0.3 is 6.09 Å². The molecule has 1 fully saturated rings. The van der Waals surface area contributed by atoms with E-state index in [9.17, 15) is 4.79 Å². The third kappa shape index (κ3) is 2.27. The van der Waals surface area contributed by atoms with Crippen molar-refractivity contribution in [2.45, 2.75) is 18.6 Å². The lowest BCUT2D eigenvalue weighted by molar-refractivity contribution is 0.119. The van der Waals surface area contributed by atoms with Crippen molar-refractivity contribution in [3.63, 3.8) is 0 Å². The Kier molecular flexibility index (Phi) is 2.87. The van der Waals surface area contributed by atoms with E-state index < -0.39 is 6.09 Å². The predicted octanol–water partition coefficient (Wildman–Crippen LogP) is 0.698. The molecule has 1 aromatic rings. The second kappa shape index (κ2) is 4.31. The molecule has 0 aliphatic carbocycles. The number of ether oxygens (including phenoxy) is 1. The zero-order valence-corrected chi connectivity index (χ0v) is 8.22. The highest BCUT2D eigenvalue weighted by molar-refractivity contribution is 5.70. The van der Waals surface area contributed by atoms with Gasteiger partial charge in [0.25, 0.3) is 0 Å². The van der Waals surface area contributed by atoms with Crippen molar-refractivity contribution in [1.82, 2.24) is 5.32 Å². The first kappa shape index (κ1) is 9.98. The number of rotatable bonds is 3. The van der Waals surface area contributed by atoms with E-state index in [0.29, 0.717) is 6.42 Å².